The third-order valence-electron chi connectivity index (χ3n) is 0.328. The SMILES string of the molecule is C=CCS(=O)(=O)O.[H-].[H-].[Mg+2]. The van der Waals surface area contributed by atoms with Gasteiger partial charge in [-0.15, -0.1) is 6.58 Å². The summed E-state index contributed by atoms with van der Waals surface area (Å²) in [5, 5.41) is 0. The minimum atomic E-state index is -3.79. The van der Waals surface area contributed by atoms with E-state index in [1.54, 1.807) is 0 Å². The molecule has 8 heavy (non-hydrogen) atoms. The second-order valence-electron chi connectivity index (χ2n) is 1.04. The third-order valence-corrected chi connectivity index (χ3v) is 0.985. The molecule has 0 saturated carbocycles. The van der Waals surface area contributed by atoms with E-state index in [0.29, 0.717) is 0 Å². The van der Waals surface area contributed by atoms with Crippen LogP contribution in [0.2, 0.25) is 0 Å². The van der Waals surface area contributed by atoms with Crippen LogP contribution < -0.4 is 0 Å². The third kappa shape index (κ3) is 9.65. The maximum absolute atomic E-state index is 9.72. The molecular formula is C3H8MgO3S. The van der Waals surface area contributed by atoms with Crippen molar-refractivity contribution in [1.29, 1.82) is 0 Å². The standard InChI is InChI=1S/C3H6O3S.Mg.2H/c1-2-3-7(4,5)6;;;/h2H,1,3H2,(H,4,5,6);;;/q;+2;2*-1. The van der Waals surface area contributed by atoms with Crippen LogP contribution in [-0.4, -0.2) is 41.8 Å². The Labute approximate surface area is 67.6 Å². The van der Waals surface area contributed by atoms with Crippen molar-refractivity contribution in [2.45, 2.75) is 0 Å². The van der Waals surface area contributed by atoms with Gasteiger partial charge < -0.3 is 2.85 Å². The van der Waals surface area contributed by atoms with Gasteiger partial charge in [-0.05, 0) is 0 Å². The molecule has 0 spiro atoms. The predicted molar refractivity (Wildman–Crippen MR) is 34.6 cm³/mol. The molecule has 0 aliphatic carbocycles. The molecule has 0 bridgehead atoms. The quantitative estimate of drug-likeness (QED) is 0.338. The summed E-state index contributed by atoms with van der Waals surface area (Å²) < 4.78 is 27.3. The molecule has 3 nitrogen and oxygen atoms in total. The molecule has 0 fully saturated rings. The molecule has 0 unspecified atom stereocenters. The molecule has 0 rings (SSSR count). The van der Waals surface area contributed by atoms with Gasteiger partial charge in [0.1, 0.15) is 0 Å². The molecule has 1 N–H and O–H groups in total. The summed E-state index contributed by atoms with van der Waals surface area (Å²) in [4.78, 5) is 0. The molecule has 0 heterocycles. The van der Waals surface area contributed by atoms with Gasteiger partial charge in [0.05, 0.1) is 5.75 Å². The van der Waals surface area contributed by atoms with Crippen LogP contribution in [0.4, 0.5) is 0 Å². The summed E-state index contributed by atoms with van der Waals surface area (Å²) in [6.07, 6.45) is 1.12. The fraction of sp³-hybridized carbons (Fsp3) is 0.333. The Balaban J connectivity index is -0.0000000600. The molecule has 0 aromatic carbocycles. The first-order valence-corrected chi connectivity index (χ1v) is 3.23. The first-order chi connectivity index (χ1) is 3.06. The van der Waals surface area contributed by atoms with Crippen LogP contribution in [0.1, 0.15) is 2.85 Å². The zero-order valence-corrected chi connectivity index (χ0v) is 6.60. The van der Waals surface area contributed by atoms with E-state index in [-0.39, 0.29) is 31.7 Å². The average molecular weight is 148 g/mol. The number of hydrogen-bond donors (Lipinski definition) is 1. The molecule has 5 heteroatoms. The van der Waals surface area contributed by atoms with Gasteiger partial charge in [-0.2, -0.15) is 8.42 Å². The first-order valence-electron chi connectivity index (χ1n) is 1.62. The Morgan fingerprint density at radius 2 is 2.12 bits per heavy atom. The van der Waals surface area contributed by atoms with Gasteiger partial charge in [0.2, 0.25) is 0 Å². The van der Waals surface area contributed by atoms with Crippen LogP contribution in [0.5, 0.6) is 0 Å². The summed E-state index contributed by atoms with van der Waals surface area (Å²) in [5.41, 5.74) is 0. The maximum atomic E-state index is 9.72. The Hall–Kier alpha value is 0.416. The van der Waals surface area contributed by atoms with Gasteiger partial charge in [-0.1, -0.05) is 6.08 Å². The van der Waals surface area contributed by atoms with Crippen LogP contribution >= 0.6 is 0 Å². The van der Waals surface area contributed by atoms with Gasteiger partial charge in [0.25, 0.3) is 10.1 Å². The van der Waals surface area contributed by atoms with Crippen LogP contribution in [-0.2, 0) is 10.1 Å². The Morgan fingerprint density at radius 3 is 2.12 bits per heavy atom. The Morgan fingerprint density at radius 1 is 1.75 bits per heavy atom. The molecule has 0 aliphatic rings. The van der Waals surface area contributed by atoms with Crippen molar-refractivity contribution >= 4 is 33.2 Å². The zero-order chi connectivity index (χ0) is 5.91. The summed E-state index contributed by atoms with van der Waals surface area (Å²) in [7, 11) is -3.79. The van der Waals surface area contributed by atoms with Crippen molar-refractivity contribution in [2.24, 2.45) is 0 Å². The van der Waals surface area contributed by atoms with E-state index in [9.17, 15) is 8.42 Å². The van der Waals surface area contributed by atoms with Crippen LogP contribution in [0.3, 0.4) is 0 Å². The number of rotatable bonds is 2. The molecule has 0 aromatic rings. The van der Waals surface area contributed by atoms with Gasteiger partial charge in [0.15, 0.2) is 0 Å². The van der Waals surface area contributed by atoms with E-state index in [4.69, 9.17) is 4.55 Å². The first kappa shape index (κ1) is 11.2. The summed E-state index contributed by atoms with van der Waals surface area (Å²) >= 11 is 0. The Bertz CT molecular complexity index is 155. The average Bonchev–Trinajstić information content (AvgIpc) is 1.30. The minimum absolute atomic E-state index is 0. The smallest absolute Gasteiger partial charge is 1.00 e. The van der Waals surface area contributed by atoms with Crippen molar-refractivity contribution < 1.29 is 15.8 Å². The van der Waals surface area contributed by atoms with Crippen molar-refractivity contribution in [3.05, 3.63) is 12.7 Å². The van der Waals surface area contributed by atoms with E-state index < -0.39 is 10.1 Å². The predicted octanol–water partition coefficient (Wildman–Crippen LogP) is -0.0956. The molecule has 0 amide bonds. The van der Waals surface area contributed by atoms with Gasteiger partial charge in [-0.25, -0.2) is 0 Å². The second kappa shape index (κ2) is 4.31. The van der Waals surface area contributed by atoms with Crippen LogP contribution in [0.15, 0.2) is 12.7 Å². The molecule has 0 aliphatic heterocycles. The van der Waals surface area contributed by atoms with E-state index in [2.05, 4.69) is 6.58 Å². The van der Waals surface area contributed by atoms with E-state index in [1.165, 1.54) is 0 Å². The van der Waals surface area contributed by atoms with Crippen molar-refractivity contribution in [2.75, 3.05) is 5.75 Å². The Kier molecular flexibility index (Phi) is 6.06. The van der Waals surface area contributed by atoms with Crippen molar-refractivity contribution in [3.63, 3.8) is 0 Å². The van der Waals surface area contributed by atoms with Gasteiger partial charge in [0, 0.05) is 0 Å². The van der Waals surface area contributed by atoms with E-state index >= 15 is 0 Å². The van der Waals surface area contributed by atoms with E-state index in [0.717, 1.165) is 6.08 Å². The minimum Gasteiger partial charge on any atom is -1.00 e. The monoisotopic (exact) mass is 148 g/mol. The summed E-state index contributed by atoms with van der Waals surface area (Å²) in [6, 6.07) is 0. The zero-order valence-electron chi connectivity index (χ0n) is 6.37. The summed E-state index contributed by atoms with van der Waals surface area (Å²) in [5.74, 6) is -0.368. The topological polar surface area (TPSA) is 54.4 Å². The molecule has 46 valence electrons. The maximum Gasteiger partial charge on any atom is 2.00 e. The largest absolute Gasteiger partial charge is 2.00 e. The van der Waals surface area contributed by atoms with Crippen LogP contribution in [0.25, 0.3) is 0 Å². The number of hydrogen-bond acceptors (Lipinski definition) is 2. The van der Waals surface area contributed by atoms with Crippen molar-refractivity contribution in [3.8, 4) is 0 Å². The van der Waals surface area contributed by atoms with Gasteiger partial charge >= 0.3 is 23.1 Å². The molecule has 0 radical (unpaired) electrons. The molecule has 0 saturated heterocycles. The summed E-state index contributed by atoms with van der Waals surface area (Å²) in [6.45, 7) is 3.11. The van der Waals surface area contributed by atoms with Crippen molar-refractivity contribution in [1.82, 2.24) is 0 Å². The van der Waals surface area contributed by atoms with Crippen LogP contribution in [0, 0.1) is 0 Å². The molecular weight excluding hydrogens is 140 g/mol. The molecule has 0 atom stereocenters. The second-order valence-corrected chi connectivity index (χ2v) is 2.53. The normalized spacial score (nSPS) is 9.62. The fourth-order valence-corrected chi connectivity index (χ4v) is 0.447. The van der Waals surface area contributed by atoms with Gasteiger partial charge in [-0.3, -0.25) is 4.55 Å². The van der Waals surface area contributed by atoms with E-state index in [1.807, 2.05) is 0 Å². The fourth-order valence-electron chi connectivity index (χ4n) is 0.149. The molecule has 0 aromatic heterocycles.